The zero-order valence-electron chi connectivity index (χ0n) is 14.5. The highest BCUT2D eigenvalue weighted by molar-refractivity contribution is 5.94. The Morgan fingerprint density at radius 2 is 1.88 bits per heavy atom. The van der Waals surface area contributed by atoms with Crippen molar-refractivity contribution in [2.75, 3.05) is 18.0 Å². The average Bonchev–Trinajstić information content (AvgIpc) is 3.40. The van der Waals surface area contributed by atoms with Gasteiger partial charge in [-0.15, -0.1) is 0 Å². The molecular weight excluding hydrogens is 326 g/mol. The number of pyridine rings is 1. The second-order valence-corrected chi connectivity index (χ2v) is 6.42. The highest BCUT2D eigenvalue weighted by Crippen LogP contribution is 2.17. The summed E-state index contributed by atoms with van der Waals surface area (Å²) in [7, 11) is 0. The minimum atomic E-state index is -0.0919. The van der Waals surface area contributed by atoms with E-state index in [2.05, 4.69) is 20.2 Å². The van der Waals surface area contributed by atoms with Crippen molar-refractivity contribution in [3.63, 3.8) is 0 Å². The van der Waals surface area contributed by atoms with E-state index in [0.717, 1.165) is 30.2 Å². The number of anilines is 1. The third kappa shape index (κ3) is 3.59. The molecule has 6 nitrogen and oxygen atoms in total. The normalized spacial score (nSPS) is 13.8. The van der Waals surface area contributed by atoms with E-state index in [9.17, 15) is 4.79 Å². The maximum absolute atomic E-state index is 12.3. The number of carbonyl (C=O) groups excluding carboxylic acids is 1. The Kier molecular flexibility index (Phi) is 4.64. The number of nitrogens with zero attached hydrogens (tertiary/aromatic N) is 4. The largest absolute Gasteiger partial charge is 0.357 e. The first-order valence-corrected chi connectivity index (χ1v) is 8.86. The van der Waals surface area contributed by atoms with Crippen LogP contribution in [-0.4, -0.2) is 33.5 Å². The van der Waals surface area contributed by atoms with E-state index in [1.54, 1.807) is 12.5 Å². The summed E-state index contributed by atoms with van der Waals surface area (Å²) in [6, 6.07) is 11.5. The number of aromatic nitrogens is 3. The van der Waals surface area contributed by atoms with Crippen LogP contribution in [-0.2, 0) is 6.54 Å². The second kappa shape index (κ2) is 7.39. The molecule has 1 amide bonds. The Bertz CT molecular complexity index is 850. The fraction of sp³-hybridized carbons (Fsp3) is 0.250. The van der Waals surface area contributed by atoms with Crippen molar-refractivity contribution in [2.24, 2.45) is 0 Å². The molecule has 2 aromatic heterocycles. The summed E-state index contributed by atoms with van der Waals surface area (Å²) in [5, 5.41) is 2.95. The van der Waals surface area contributed by atoms with Gasteiger partial charge in [-0.25, -0.2) is 9.97 Å². The lowest BCUT2D eigenvalue weighted by molar-refractivity contribution is 0.0951. The fourth-order valence-electron chi connectivity index (χ4n) is 3.14. The summed E-state index contributed by atoms with van der Waals surface area (Å²) < 4.78 is 1.90. The average molecular weight is 347 g/mol. The van der Waals surface area contributed by atoms with Gasteiger partial charge in [-0.1, -0.05) is 6.07 Å². The van der Waals surface area contributed by atoms with Gasteiger partial charge < -0.3 is 14.8 Å². The third-order valence-corrected chi connectivity index (χ3v) is 4.62. The van der Waals surface area contributed by atoms with Crippen LogP contribution >= 0.6 is 0 Å². The SMILES string of the molecule is O=C(NCc1ccc(N2CCCC2)nc1)c1ccc(-n2ccnc2)cc1. The van der Waals surface area contributed by atoms with E-state index in [4.69, 9.17) is 0 Å². The molecule has 0 radical (unpaired) electrons. The maximum Gasteiger partial charge on any atom is 0.251 e. The Morgan fingerprint density at radius 3 is 2.54 bits per heavy atom. The lowest BCUT2D eigenvalue weighted by Gasteiger charge is -2.16. The molecule has 1 aromatic carbocycles. The first-order chi connectivity index (χ1) is 12.8. The van der Waals surface area contributed by atoms with Gasteiger partial charge in [0.15, 0.2) is 0 Å². The van der Waals surface area contributed by atoms with Gasteiger partial charge in [0.2, 0.25) is 0 Å². The molecule has 0 unspecified atom stereocenters. The van der Waals surface area contributed by atoms with Gasteiger partial charge >= 0.3 is 0 Å². The summed E-state index contributed by atoms with van der Waals surface area (Å²) >= 11 is 0. The van der Waals surface area contributed by atoms with Crippen molar-refractivity contribution < 1.29 is 4.79 Å². The van der Waals surface area contributed by atoms with E-state index >= 15 is 0 Å². The summed E-state index contributed by atoms with van der Waals surface area (Å²) in [5.74, 6) is 0.929. The number of carbonyl (C=O) groups is 1. The Balaban J connectivity index is 1.34. The summed E-state index contributed by atoms with van der Waals surface area (Å²) in [4.78, 5) is 23.2. The van der Waals surface area contributed by atoms with E-state index in [0.29, 0.717) is 12.1 Å². The molecular formula is C20H21N5O. The highest BCUT2D eigenvalue weighted by Gasteiger charge is 2.13. The van der Waals surface area contributed by atoms with Crippen LogP contribution in [0.15, 0.2) is 61.3 Å². The molecule has 132 valence electrons. The van der Waals surface area contributed by atoms with E-state index in [-0.39, 0.29) is 5.91 Å². The van der Waals surface area contributed by atoms with Gasteiger partial charge in [0.1, 0.15) is 5.82 Å². The van der Waals surface area contributed by atoms with Crippen LogP contribution in [0.25, 0.3) is 5.69 Å². The Hall–Kier alpha value is -3.15. The van der Waals surface area contributed by atoms with Crippen molar-refractivity contribution in [2.45, 2.75) is 19.4 Å². The van der Waals surface area contributed by atoms with Crippen LogP contribution < -0.4 is 10.2 Å². The number of hydrogen-bond donors (Lipinski definition) is 1. The zero-order chi connectivity index (χ0) is 17.8. The van der Waals surface area contributed by atoms with Gasteiger partial charge in [-0.3, -0.25) is 4.79 Å². The van der Waals surface area contributed by atoms with Crippen molar-refractivity contribution in [3.05, 3.63) is 72.4 Å². The first kappa shape index (κ1) is 16.3. The van der Waals surface area contributed by atoms with Crippen LogP contribution in [0.4, 0.5) is 5.82 Å². The van der Waals surface area contributed by atoms with Gasteiger partial charge in [0.25, 0.3) is 5.91 Å². The van der Waals surface area contributed by atoms with E-state index < -0.39 is 0 Å². The quantitative estimate of drug-likeness (QED) is 0.771. The number of hydrogen-bond acceptors (Lipinski definition) is 4. The molecule has 1 fully saturated rings. The van der Waals surface area contributed by atoms with Crippen molar-refractivity contribution >= 4 is 11.7 Å². The van der Waals surface area contributed by atoms with E-state index in [1.807, 2.05) is 53.4 Å². The molecule has 0 saturated carbocycles. The molecule has 0 aliphatic carbocycles. The molecule has 0 spiro atoms. The summed E-state index contributed by atoms with van der Waals surface area (Å²) in [5.41, 5.74) is 2.60. The standard InChI is InChI=1S/C20H21N5O/c26-20(17-4-6-18(7-5-17)25-12-9-21-15-25)23-14-16-3-8-19(22-13-16)24-10-1-2-11-24/h3-9,12-13,15H,1-2,10-11,14H2,(H,23,26). The van der Waals surface area contributed by atoms with Crippen molar-refractivity contribution in [3.8, 4) is 5.69 Å². The Morgan fingerprint density at radius 1 is 1.08 bits per heavy atom. The lowest BCUT2D eigenvalue weighted by Crippen LogP contribution is -2.23. The summed E-state index contributed by atoms with van der Waals surface area (Å²) in [6.07, 6.45) is 9.64. The predicted octanol–water partition coefficient (Wildman–Crippen LogP) is 2.80. The minimum absolute atomic E-state index is 0.0919. The third-order valence-electron chi connectivity index (χ3n) is 4.62. The number of nitrogens with one attached hydrogen (secondary N) is 1. The van der Waals surface area contributed by atoms with E-state index in [1.165, 1.54) is 12.8 Å². The number of rotatable bonds is 5. The predicted molar refractivity (Wildman–Crippen MR) is 100 cm³/mol. The molecule has 3 heterocycles. The molecule has 1 saturated heterocycles. The molecule has 3 aromatic rings. The number of benzene rings is 1. The zero-order valence-corrected chi connectivity index (χ0v) is 14.5. The molecule has 6 heteroatoms. The Labute approximate surface area is 152 Å². The number of amides is 1. The lowest BCUT2D eigenvalue weighted by atomic mass is 10.2. The smallest absolute Gasteiger partial charge is 0.251 e. The van der Waals surface area contributed by atoms with Gasteiger partial charge in [0.05, 0.1) is 6.33 Å². The molecule has 0 bridgehead atoms. The maximum atomic E-state index is 12.3. The van der Waals surface area contributed by atoms with Gasteiger partial charge in [-0.05, 0) is 48.7 Å². The second-order valence-electron chi connectivity index (χ2n) is 6.42. The first-order valence-electron chi connectivity index (χ1n) is 8.86. The molecule has 0 atom stereocenters. The van der Waals surface area contributed by atoms with Crippen LogP contribution in [0, 0.1) is 0 Å². The van der Waals surface area contributed by atoms with Crippen molar-refractivity contribution in [1.82, 2.24) is 19.9 Å². The van der Waals surface area contributed by atoms with Crippen LogP contribution in [0.5, 0.6) is 0 Å². The van der Waals surface area contributed by atoms with Crippen LogP contribution in [0.3, 0.4) is 0 Å². The van der Waals surface area contributed by atoms with Crippen molar-refractivity contribution in [1.29, 1.82) is 0 Å². The fourth-order valence-corrected chi connectivity index (χ4v) is 3.14. The monoisotopic (exact) mass is 347 g/mol. The van der Waals surface area contributed by atoms with Crippen LogP contribution in [0.1, 0.15) is 28.8 Å². The summed E-state index contributed by atoms with van der Waals surface area (Å²) in [6.45, 7) is 2.63. The minimum Gasteiger partial charge on any atom is -0.357 e. The van der Waals surface area contributed by atoms with Gasteiger partial charge in [-0.2, -0.15) is 0 Å². The molecule has 26 heavy (non-hydrogen) atoms. The molecule has 4 rings (SSSR count). The highest BCUT2D eigenvalue weighted by atomic mass is 16.1. The number of imidazole rings is 1. The van der Waals surface area contributed by atoms with Crippen LogP contribution in [0.2, 0.25) is 0 Å². The topological polar surface area (TPSA) is 63.1 Å². The van der Waals surface area contributed by atoms with Gasteiger partial charge in [0, 0.05) is 49.5 Å². The molecule has 1 aliphatic heterocycles. The molecule has 1 N–H and O–H groups in total. The molecule has 1 aliphatic rings.